The molecule has 0 aliphatic rings. The average molecular weight is 434 g/mol. The molecule has 0 saturated heterocycles. The molecule has 0 fully saturated rings. The number of carbonyl (C=O) groups is 1. The Balaban J connectivity index is 1.35. The fraction of sp³-hybridized carbons (Fsp3) is 0.0690. The van der Waals surface area contributed by atoms with Gasteiger partial charge >= 0.3 is 0 Å². The van der Waals surface area contributed by atoms with E-state index in [2.05, 4.69) is 0 Å². The van der Waals surface area contributed by atoms with Crippen molar-refractivity contribution in [3.63, 3.8) is 0 Å². The molecule has 162 valence electrons. The standard InChI is InChI=1S/C29H22O4/c30-18-27-26-16-15-25(32-20-22-9-5-2-6-10-22)17-28(26)33-29(27)23-11-13-24(14-12-23)31-19-21-7-3-1-4-8-21/h1-18H,19-20H2. The second kappa shape index (κ2) is 9.45. The second-order valence-electron chi connectivity index (χ2n) is 7.69. The summed E-state index contributed by atoms with van der Waals surface area (Å²) in [4.78, 5) is 11.9. The van der Waals surface area contributed by atoms with E-state index < -0.39 is 0 Å². The van der Waals surface area contributed by atoms with Gasteiger partial charge in [-0.3, -0.25) is 4.79 Å². The van der Waals surface area contributed by atoms with E-state index in [0.717, 1.165) is 34.1 Å². The number of carbonyl (C=O) groups excluding carboxylic acids is 1. The summed E-state index contributed by atoms with van der Waals surface area (Å²) >= 11 is 0. The van der Waals surface area contributed by atoms with Crippen molar-refractivity contribution in [2.24, 2.45) is 0 Å². The van der Waals surface area contributed by atoms with E-state index in [4.69, 9.17) is 13.9 Å². The lowest BCUT2D eigenvalue weighted by molar-refractivity contribution is 0.112. The Kier molecular flexibility index (Phi) is 5.89. The largest absolute Gasteiger partial charge is 0.489 e. The Morgan fingerprint density at radius 3 is 1.85 bits per heavy atom. The molecule has 33 heavy (non-hydrogen) atoms. The van der Waals surface area contributed by atoms with Crippen molar-refractivity contribution < 1.29 is 18.7 Å². The van der Waals surface area contributed by atoms with Crippen molar-refractivity contribution in [1.82, 2.24) is 0 Å². The van der Waals surface area contributed by atoms with Crippen LogP contribution >= 0.6 is 0 Å². The lowest BCUT2D eigenvalue weighted by atomic mass is 10.1. The van der Waals surface area contributed by atoms with Gasteiger partial charge in [-0.25, -0.2) is 0 Å². The summed E-state index contributed by atoms with van der Waals surface area (Å²) < 4.78 is 17.8. The van der Waals surface area contributed by atoms with E-state index in [1.807, 2.05) is 103 Å². The van der Waals surface area contributed by atoms with Gasteiger partial charge in [-0.2, -0.15) is 0 Å². The van der Waals surface area contributed by atoms with Gasteiger partial charge < -0.3 is 13.9 Å². The van der Waals surface area contributed by atoms with E-state index in [1.54, 1.807) is 0 Å². The van der Waals surface area contributed by atoms with Crippen LogP contribution in [0.2, 0.25) is 0 Å². The quantitative estimate of drug-likeness (QED) is 0.245. The Hall–Kier alpha value is -4.31. The van der Waals surface area contributed by atoms with E-state index in [0.29, 0.717) is 35.9 Å². The van der Waals surface area contributed by atoms with Gasteiger partial charge in [0.15, 0.2) is 6.29 Å². The molecule has 5 rings (SSSR count). The molecule has 0 unspecified atom stereocenters. The summed E-state index contributed by atoms with van der Waals surface area (Å²) in [5.41, 5.74) is 4.14. The first kappa shape index (κ1) is 20.6. The van der Waals surface area contributed by atoms with E-state index in [9.17, 15) is 4.79 Å². The molecule has 0 saturated carbocycles. The Labute approximate surface area is 192 Å². The maximum atomic E-state index is 11.9. The fourth-order valence-electron chi connectivity index (χ4n) is 3.70. The first-order valence-corrected chi connectivity index (χ1v) is 10.8. The molecule has 0 aliphatic carbocycles. The predicted molar refractivity (Wildman–Crippen MR) is 129 cm³/mol. The molecule has 0 atom stereocenters. The highest BCUT2D eigenvalue weighted by atomic mass is 16.5. The number of hydrogen-bond acceptors (Lipinski definition) is 4. The molecule has 0 radical (unpaired) electrons. The molecule has 0 aliphatic heterocycles. The highest BCUT2D eigenvalue weighted by Crippen LogP contribution is 2.35. The van der Waals surface area contributed by atoms with Gasteiger partial charge in [0.25, 0.3) is 0 Å². The zero-order valence-electron chi connectivity index (χ0n) is 17.9. The number of aldehydes is 1. The number of rotatable bonds is 8. The summed E-state index contributed by atoms with van der Waals surface area (Å²) in [5, 5.41) is 0.761. The number of furan rings is 1. The highest BCUT2D eigenvalue weighted by Gasteiger charge is 2.16. The van der Waals surface area contributed by atoms with Crippen LogP contribution in [0.4, 0.5) is 0 Å². The van der Waals surface area contributed by atoms with E-state index in [1.165, 1.54) is 0 Å². The minimum Gasteiger partial charge on any atom is -0.489 e. The van der Waals surface area contributed by atoms with E-state index >= 15 is 0 Å². The van der Waals surface area contributed by atoms with Crippen molar-refractivity contribution in [1.29, 1.82) is 0 Å². The third kappa shape index (κ3) is 4.65. The lowest BCUT2D eigenvalue weighted by Crippen LogP contribution is -1.94. The van der Waals surface area contributed by atoms with Crippen molar-refractivity contribution in [3.8, 4) is 22.8 Å². The van der Waals surface area contributed by atoms with Gasteiger partial charge in [0.2, 0.25) is 0 Å². The first-order valence-electron chi connectivity index (χ1n) is 10.8. The minimum absolute atomic E-state index is 0.463. The molecule has 4 aromatic carbocycles. The maximum Gasteiger partial charge on any atom is 0.154 e. The molecule has 0 N–H and O–H groups in total. The fourth-order valence-corrected chi connectivity index (χ4v) is 3.70. The summed E-state index contributed by atoms with van der Waals surface area (Å²) in [6.45, 7) is 0.959. The Bertz CT molecular complexity index is 1350. The van der Waals surface area contributed by atoms with Crippen molar-refractivity contribution in [2.75, 3.05) is 0 Å². The first-order chi connectivity index (χ1) is 16.3. The monoisotopic (exact) mass is 434 g/mol. The van der Waals surface area contributed by atoms with Gasteiger partial charge in [-0.15, -0.1) is 0 Å². The molecule has 1 heterocycles. The molecular weight excluding hydrogens is 412 g/mol. The molecule has 0 amide bonds. The zero-order chi connectivity index (χ0) is 22.5. The van der Waals surface area contributed by atoms with Crippen LogP contribution in [-0.2, 0) is 13.2 Å². The van der Waals surface area contributed by atoms with Gasteiger partial charge in [0.1, 0.15) is 36.1 Å². The van der Waals surface area contributed by atoms with Crippen LogP contribution in [0.15, 0.2) is 108 Å². The SMILES string of the molecule is O=Cc1c(-c2ccc(OCc3ccccc3)cc2)oc2cc(OCc3ccccc3)ccc12. The van der Waals surface area contributed by atoms with Crippen molar-refractivity contribution in [3.05, 3.63) is 120 Å². The van der Waals surface area contributed by atoms with Gasteiger partial charge in [0, 0.05) is 17.0 Å². The number of benzene rings is 4. The Morgan fingerprint density at radius 1 is 0.667 bits per heavy atom. The predicted octanol–water partition coefficient (Wildman–Crippen LogP) is 7.07. The van der Waals surface area contributed by atoms with Gasteiger partial charge in [0.05, 0.1) is 5.56 Å². The molecule has 4 heteroatoms. The molecule has 4 nitrogen and oxygen atoms in total. The van der Waals surface area contributed by atoms with Crippen LogP contribution in [0.1, 0.15) is 21.5 Å². The summed E-state index contributed by atoms with van der Waals surface area (Å²) in [7, 11) is 0. The van der Waals surface area contributed by atoms with Crippen molar-refractivity contribution in [2.45, 2.75) is 13.2 Å². The summed E-state index contributed by atoms with van der Waals surface area (Å²) in [5.74, 6) is 1.98. The van der Waals surface area contributed by atoms with Crippen LogP contribution in [0.5, 0.6) is 11.5 Å². The van der Waals surface area contributed by atoms with E-state index in [-0.39, 0.29) is 0 Å². The molecule has 5 aromatic rings. The maximum absolute atomic E-state index is 11.9. The summed E-state index contributed by atoms with van der Waals surface area (Å²) in [6.07, 6.45) is 0.839. The smallest absolute Gasteiger partial charge is 0.154 e. The van der Waals surface area contributed by atoms with Crippen LogP contribution in [-0.4, -0.2) is 6.29 Å². The van der Waals surface area contributed by atoms with Crippen LogP contribution < -0.4 is 9.47 Å². The van der Waals surface area contributed by atoms with Gasteiger partial charge in [-0.05, 0) is 47.5 Å². The number of hydrogen-bond donors (Lipinski definition) is 0. The number of fused-ring (bicyclic) bond motifs is 1. The van der Waals surface area contributed by atoms with Crippen LogP contribution in [0.3, 0.4) is 0 Å². The Morgan fingerprint density at radius 2 is 1.24 bits per heavy atom. The molecule has 0 bridgehead atoms. The zero-order valence-corrected chi connectivity index (χ0v) is 17.9. The third-order valence-electron chi connectivity index (χ3n) is 5.43. The molecule has 0 spiro atoms. The lowest BCUT2D eigenvalue weighted by Gasteiger charge is -2.07. The van der Waals surface area contributed by atoms with Crippen LogP contribution in [0.25, 0.3) is 22.3 Å². The third-order valence-corrected chi connectivity index (χ3v) is 5.43. The average Bonchev–Trinajstić information content (AvgIpc) is 3.25. The topological polar surface area (TPSA) is 48.7 Å². The van der Waals surface area contributed by atoms with Gasteiger partial charge in [-0.1, -0.05) is 60.7 Å². The highest BCUT2D eigenvalue weighted by molar-refractivity contribution is 6.02. The minimum atomic E-state index is 0.463. The number of ether oxygens (including phenoxy) is 2. The second-order valence-corrected chi connectivity index (χ2v) is 7.69. The summed E-state index contributed by atoms with van der Waals surface area (Å²) in [6, 6.07) is 33.1. The molecule has 1 aromatic heterocycles. The molecular formula is C29H22O4. The normalized spacial score (nSPS) is 10.8. The van der Waals surface area contributed by atoms with Crippen molar-refractivity contribution >= 4 is 17.3 Å². The van der Waals surface area contributed by atoms with Crippen LogP contribution in [0, 0.1) is 0 Å².